The van der Waals surface area contributed by atoms with Crippen LogP contribution in [0, 0.1) is 0 Å². The third-order valence-corrected chi connectivity index (χ3v) is 5.21. The molecule has 0 spiro atoms. The smallest absolute Gasteiger partial charge is 0.222 e. The van der Waals surface area contributed by atoms with E-state index in [2.05, 4.69) is 19.9 Å². The van der Waals surface area contributed by atoms with Crippen LogP contribution < -0.4 is 10.6 Å². The van der Waals surface area contributed by atoms with Crippen LogP contribution in [0.2, 0.25) is 0 Å². The van der Waals surface area contributed by atoms with Gasteiger partial charge >= 0.3 is 0 Å². The van der Waals surface area contributed by atoms with Crippen LogP contribution in [0.25, 0.3) is 0 Å². The van der Waals surface area contributed by atoms with Crippen molar-refractivity contribution >= 4 is 11.8 Å². The Morgan fingerprint density at radius 2 is 2.12 bits per heavy atom. The first-order chi connectivity index (χ1) is 12.1. The summed E-state index contributed by atoms with van der Waals surface area (Å²) in [6, 6.07) is 5.81. The molecule has 0 aliphatic carbocycles. The average molecular weight is 341 g/mol. The second-order valence-corrected chi connectivity index (χ2v) is 6.83. The van der Waals surface area contributed by atoms with Gasteiger partial charge in [-0.05, 0) is 25.3 Å². The second kappa shape index (κ2) is 6.57. The first-order valence-corrected chi connectivity index (χ1v) is 8.74. The van der Waals surface area contributed by atoms with Gasteiger partial charge in [-0.15, -0.1) is 0 Å². The van der Waals surface area contributed by atoms with E-state index >= 15 is 0 Å². The van der Waals surface area contributed by atoms with Crippen LogP contribution in [0.1, 0.15) is 36.4 Å². The van der Waals surface area contributed by atoms with Crippen LogP contribution in [0.15, 0.2) is 30.6 Å². The van der Waals surface area contributed by atoms with E-state index in [9.17, 15) is 5.11 Å². The van der Waals surface area contributed by atoms with Gasteiger partial charge < -0.3 is 20.5 Å². The Labute approximate surface area is 146 Å². The van der Waals surface area contributed by atoms with Crippen molar-refractivity contribution in [3.05, 3.63) is 41.9 Å². The van der Waals surface area contributed by atoms with Gasteiger partial charge in [-0.25, -0.2) is 4.98 Å². The summed E-state index contributed by atoms with van der Waals surface area (Å²) >= 11 is 0. The molecule has 2 saturated heterocycles. The molecule has 0 unspecified atom stereocenters. The highest BCUT2D eigenvalue weighted by molar-refractivity contribution is 5.45. The number of hydrogen-bond donors (Lipinski definition) is 2. The minimum absolute atomic E-state index is 0.293. The van der Waals surface area contributed by atoms with Crippen molar-refractivity contribution in [3.63, 3.8) is 0 Å². The molecule has 7 heteroatoms. The fraction of sp³-hybridized carbons (Fsp3) is 0.500. The topological polar surface area (TPSA) is 97.4 Å². The first-order valence-electron chi connectivity index (χ1n) is 8.74. The molecule has 25 heavy (non-hydrogen) atoms. The molecule has 0 radical (unpaired) electrons. The predicted molar refractivity (Wildman–Crippen MR) is 94.2 cm³/mol. The molecule has 4 heterocycles. The molecule has 7 nitrogen and oxygen atoms in total. The maximum atomic E-state index is 10.9. The van der Waals surface area contributed by atoms with Crippen LogP contribution in [-0.4, -0.2) is 46.4 Å². The number of piperidine rings is 1. The molecular weight excluding hydrogens is 318 g/mol. The summed E-state index contributed by atoms with van der Waals surface area (Å²) in [5.74, 6) is 1.43. The first kappa shape index (κ1) is 16.2. The second-order valence-electron chi connectivity index (χ2n) is 6.83. The van der Waals surface area contributed by atoms with Gasteiger partial charge in [0.1, 0.15) is 5.82 Å². The fourth-order valence-corrected chi connectivity index (χ4v) is 3.64. The molecule has 2 fully saturated rings. The third kappa shape index (κ3) is 3.29. The maximum Gasteiger partial charge on any atom is 0.222 e. The molecular formula is C18H23N5O2. The number of rotatable bonds is 3. The molecule has 2 aromatic heterocycles. The van der Waals surface area contributed by atoms with Crippen molar-refractivity contribution in [1.29, 1.82) is 0 Å². The zero-order chi connectivity index (χ0) is 17.3. The molecule has 0 aromatic carbocycles. The number of aromatic nitrogens is 3. The number of ether oxygens (including phenoxy) is 1. The highest BCUT2D eigenvalue weighted by Crippen LogP contribution is 2.34. The molecule has 2 aromatic rings. The Hall–Kier alpha value is -2.25. The van der Waals surface area contributed by atoms with Gasteiger partial charge in [0.2, 0.25) is 5.95 Å². The van der Waals surface area contributed by atoms with Crippen molar-refractivity contribution in [1.82, 2.24) is 15.0 Å². The zero-order valence-electron chi connectivity index (χ0n) is 14.1. The number of pyridine rings is 1. The predicted octanol–water partition coefficient (Wildman–Crippen LogP) is 1.45. The van der Waals surface area contributed by atoms with Crippen LogP contribution >= 0.6 is 0 Å². The lowest BCUT2D eigenvalue weighted by Gasteiger charge is -2.39. The van der Waals surface area contributed by atoms with Gasteiger partial charge in [0.05, 0.1) is 17.9 Å². The summed E-state index contributed by atoms with van der Waals surface area (Å²) < 4.78 is 5.46. The lowest BCUT2D eigenvalue weighted by atomic mass is 9.85. The minimum Gasteiger partial charge on any atom is -0.385 e. The lowest BCUT2D eigenvalue weighted by Crippen LogP contribution is -2.43. The van der Waals surface area contributed by atoms with Crippen LogP contribution in [0.4, 0.5) is 11.8 Å². The summed E-state index contributed by atoms with van der Waals surface area (Å²) in [5.41, 5.74) is 6.93. The molecule has 3 N–H and O–H groups in total. The van der Waals surface area contributed by atoms with Crippen molar-refractivity contribution in [2.75, 3.05) is 36.9 Å². The molecule has 0 amide bonds. The fourth-order valence-electron chi connectivity index (χ4n) is 3.64. The number of nitrogens with two attached hydrogens (primary N) is 1. The number of aliphatic hydroxyl groups is 1. The molecule has 2 aliphatic rings. The summed E-state index contributed by atoms with van der Waals surface area (Å²) in [6.07, 6.45) is 5.70. The van der Waals surface area contributed by atoms with E-state index in [0.717, 1.165) is 30.1 Å². The third-order valence-electron chi connectivity index (χ3n) is 5.21. The van der Waals surface area contributed by atoms with Gasteiger partial charge in [0, 0.05) is 49.6 Å². The average Bonchev–Trinajstić information content (AvgIpc) is 3.17. The van der Waals surface area contributed by atoms with E-state index in [1.54, 1.807) is 12.4 Å². The van der Waals surface area contributed by atoms with E-state index in [1.165, 1.54) is 0 Å². The minimum atomic E-state index is -0.828. The monoisotopic (exact) mass is 341 g/mol. The zero-order valence-corrected chi connectivity index (χ0v) is 14.1. The van der Waals surface area contributed by atoms with E-state index in [0.29, 0.717) is 44.4 Å². The van der Waals surface area contributed by atoms with E-state index < -0.39 is 5.60 Å². The Balaban J connectivity index is 1.51. The maximum absolute atomic E-state index is 10.9. The lowest BCUT2D eigenvalue weighted by molar-refractivity contribution is 0.0113. The van der Waals surface area contributed by atoms with Crippen LogP contribution in [-0.2, 0) is 10.3 Å². The van der Waals surface area contributed by atoms with Gasteiger partial charge in [0.15, 0.2) is 0 Å². The molecule has 132 valence electrons. The van der Waals surface area contributed by atoms with Gasteiger partial charge in [0.25, 0.3) is 0 Å². The van der Waals surface area contributed by atoms with Crippen molar-refractivity contribution in [3.8, 4) is 0 Å². The molecule has 0 bridgehead atoms. The Kier molecular flexibility index (Phi) is 4.27. The molecule has 0 saturated carbocycles. The Morgan fingerprint density at radius 3 is 2.80 bits per heavy atom. The van der Waals surface area contributed by atoms with E-state index in [1.807, 2.05) is 18.2 Å². The van der Waals surface area contributed by atoms with Crippen LogP contribution in [0.5, 0.6) is 0 Å². The standard InChI is InChI=1S/C18H23N5O2/c19-17-21-15(13-3-9-25-12-13)10-16(22-17)23-7-4-18(24,5-8-23)14-2-1-6-20-11-14/h1-2,6,10-11,13,24H,3-5,7-9,12H2,(H2,19,21,22)/t13-/m0/s1. The Bertz CT molecular complexity index is 726. The molecule has 4 rings (SSSR count). The quantitative estimate of drug-likeness (QED) is 0.872. The summed E-state index contributed by atoms with van der Waals surface area (Å²) in [5, 5.41) is 10.9. The van der Waals surface area contributed by atoms with E-state index in [-0.39, 0.29) is 0 Å². The van der Waals surface area contributed by atoms with E-state index in [4.69, 9.17) is 10.5 Å². The van der Waals surface area contributed by atoms with Crippen molar-refractivity contribution < 1.29 is 9.84 Å². The highest BCUT2D eigenvalue weighted by atomic mass is 16.5. The van der Waals surface area contributed by atoms with Crippen LogP contribution in [0.3, 0.4) is 0 Å². The van der Waals surface area contributed by atoms with Gasteiger partial charge in [-0.3, -0.25) is 4.98 Å². The largest absolute Gasteiger partial charge is 0.385 e. The summed E-state index contributed by atoms with van der Waals surface area (Å²) in [7, 11) is 0. The molecule has 2 aliphatic heterocycles. The van der Waals surface area contributed by atoms with Crippen molar-refractivity contribution in [2.45, 2.75) is 30.8 Å². The normalized spacial score (nSPS) is 22.9. The summed E-state index contributed by atoms with van der Waals surface area (Å²) in [4.78, 5) is 15.1. The van der Waals surface area contributed by atoms with Gasteiger partial charge in [-0.2, -0.15) is 4.98 Å². The number of hydrogen-bond acceptors (Lipinski definition) is 7. The number of nitrogen functional groups attached to an aromatic ring is 1. The Morgan fingerprint density at radius 1 is 1.28 bits per heavy atom. The highest BCUT2D eigenvalue weighted by Gasteiger charge is 2.35. The molecule has 1 atom stereocenters. The SMILES string of the molecule is Nc1nc([C@H]2CCOC2)cc(N2CCC(O)(c3cccnc3)CC2)n1. The summed E-state index contributed by atoms with van der Waals surface area (Å²) in [6.45, 7) is 2.88. The number of anilines is 2. The van der Waals surface area contributed by atoms with Gasteiger partial charge in [-0.1, -0.05) is 6.07 Å². The van der Waals surface area contributed by atoms with Crippen molar-refractivity contribution in [2.24, 2.45) is 0 Å². The number of nitrogens with zero attached hydrogens (tertiary/aromatic N) is 4.